The second-order valence-corrected chi connectivity index (χ2v) is 7.22. The smallest absolute Gasteiger partial charge is 0.317 e. The van der Waals surface area contributed by atoms with Gasteiger partial charge in [-0.15, -0.1) is 0 Å². The van der Waals surface area contributed by atoms with Crippen LogP contribution in [-0.2, 0) is 0 Å². The van der Waals surface area contributed by atoms with Crippen LogP contribution in [-0.4, -0.2) is 78.9 Å². The van der Waals surface area contributed by atoms with E-state index in [9.17, 15) is 9.90 Å². The molecule has 2 aliphatic rings. The Morgan fingerprint density at radius 3 is 2.60 bits per heavy atom. The topological polar surface area (TPSA) is 59.0 Å². The van der Waals surface area contributed by atoms with Crippen LogP contribution in [0.4, 0.5) is 10.5 Å². The number of rotatable bonds is 4. The summed E-state index contributed by atoms with van der Waals surface area (Å²) in [4.78, 5) is 18.9. The molecule has 1 aromatic rings. The molecule has 2 amide bonds. The van der Waals surface area contributed by atoms with Gasteiger partial charge in [0.1, 0.15) is 0 Å². The monoisotopic (exact) mass is 346 g/mol. The quantitative estimate of drug-likeness (QED) is 0.864. The van der Waals surface area contributed by atoms with Crippen LogP contribution in [0.1, 0.15) is 19.8 Å². The van der Waals surface area contributed by atoms with Gasteiger partial charge in [-0.25, -0.2) is 4.79 Å². The number of nitrogens with one attached hydrogen (secondary N) is 1. The third kappa shape index (κ3) is 5.09. The van der Waals surface area contributed by atoms with Crippen molar-refractivity contribution in [3.05, 3.63) is 30.3 Å². The highest BCUT2D eigenvalue weighted by molar-refractivity contribution is 5.74. The maximum absolute atomic E-state index is 12.3. The molecule has 0 aromatic heterocycles. The lowest BCUT2D eigenvalue weighted by atomic mass is 10.1. The maximum Gasteiger partial charge on any atom is 0.317 e. The summed E-state index contributed by atoms with van der Waals surface area (Å²) in [5.74, 6) is 0. The van der Waals surface area contributed by atoms with E-state index < -0.39 is 0 Å². The van der Waals surface area contributed by atoms with Crippen molar-refractivity contribution >= 4 is 11.7 Å². The zero-order chi connectivity index (χ0) is 17.6. The third-order valence-electron chi connectivity index (χ3n) is 5.08. The minimum Gasteiger partial charge on any atom is -0.391 e. The molecule has 138 valence electrons. The Hall–Kier alpha value is -1.79. The molecule has 6 nitrogen and oxygen atoms in total. The van der Waals surface area contributed by atoms with E-state index in [1.165, 1.54) is 5.69 Å². The zero-order valence-electron chi connectivity index (χ0n) is 15.1. The average Bonchev–Trinajstić information content (AvgIpc) is 2.63. The van der Waals surface area contributed by atoms with E-state index in [1.54, 1.807) is 4.90 Å². The number of piperazine rings is 1. The number of carbonyl (C=O) groups is 1. The van der Waals surface area contributed by atoms with Crippen LogP contribution in [0.3, 0.4) is 0 Å². The van der Waals surface area contributed by atoms with E-state index >= 15 is 0 Å². The van der Waals surface area contributed by atoms with Crippen molar-refractivity contribution in [1.29, 1.82) is 0 Å². The second-order valence-electron chi connectivity index (χ2n) is 7.22. The highest BCUT2D eigenvalue weighted by Crippen LogP contribution is 2.15. The Bertz CT molecular complexity index is 546. The van der Waals surface area contributed by atoms with E-state index in [4.69, 9.17) is 0 Å². The molecular weight excluding hydrogens is 316 g/mol. The number of aliphatic hydroxyl groups is 1. The SMILES string of the molecule is C[C@H](CN1CCN(c2ccccc2)CC1)NC(=O)N1CCC[C@H](O)C1. The van der Waals surface area contributed by atoms with Gasteiger partial charge in [0.25, 0.3) is 0 Å². The number of β-amino-alcohol motifs (C(OH)–C–C–N with tert-alkyl or cyclic N) is 1. The third-order valence-corrected chi connectivity index (χ3v) is 5.08. The lowest BCUT2D eigenvalue weighted by molar-refractivity contribution is 0.0828. The number of nitrogens with zero attached hydrogens (tertiary/aromatic N) is 3. The number of urea groups is 1. The number of piperidine rings is 1. The van der Waals surface area contributed by atoms with Crippen LogP contribution in [0, 0.1) is 0 Å². The Kier molecular flexibility index (Phi) is 6.15. The van der Waals surface area contributed by atoms with Gasteiger partial charge in [0.05, 0.1) is 6.10 Å². The number of anilines is 1. The minimum absolute atomic E-state index is 0.0471. The molecule has 0 spiro atoms. The first-order chi connectivity index (χ1) is 12.1. The summed E-state index contributed by atoms with van der Waals surface area (Å²) in [6.07, 6.45) is 1.30. The molecule has 6 heteroatoms. The van der Waals surface area contributed by atoms with Crippen molar-refractivity contribution in [3.8, 4) is 0 Å². The molecule has 0 bridgehead atoms. The first-order valence-corrected chi connectivity index (χ1v) is 9.37. The highest BCUT2D eigenvalue weighted by Gasteiger charge is 2.24. The lowest BCUT2D eigenvalue weighted by Crippen LogP contribution is -2.54. The average molecular weight is 346 g/mol. The van der Waals surface area contributed by atoms with Crippen LogP contribution < -0.4 is 10.2 Å². The van der Waals surface area contributed by atoms with E-state index in [-0.39, 0.29) is 18.2 Å². The Labute approximate surface area is 150 Å². The molecule has 2 fully saturated rings. The minimum atomic E-state index is -0.374. The number of benzene rings is 1. The van der Waals surface area contributed by atoms with Gasteiger partial charge in [-0.1, -0.05) is 18.2 Å². The number of hydrogen-bond donors (Lipinski definition) is 2. The molecule has 0 radical (unpaired) electrons. The molecule has 0 saturated carbocycles. The number of carbonyl (C=O) groups excluding carboxylic acids is 1. The summed E-state index contributed by atoms with van der Waals surface area (Å²) in [7, 11) is 0. The number of aliphatic hydroxyl groups excluding tert-OH is 1. The van der Waals surface area contributed by atoms with Crippen LogP contribution in [0.15, 0.2) is 30.3 Å². The highest BCUT2D eigenvalue weighted by atomic mass is 16.3. The molecule has 2 aliphatic heterocycles. The number of hydrogen-bond acceptors (Lipinski definition) is 4. The standard InChI is InChI=1S/C19H30N4O2/c1-16(20-19(25)23-9-5-8-18(24)15-23)14-21-10-12-22(13-11-21)17-6-3-2-4-7-17/h2-4,6-7,16,18,24H,5,8-15H2,1H3,(H,20,25)/t16-,18+/m1/s1. The molecule has 0 aliphatic carbocycles. The van der Waals surface area contributed by atoms with Gasteiger partial charge in [-0.2, -0.15) is 0 Å². The molecule has 25 heavy (non-hydrogen) atoms. The first-order valence-electron chi connectivity index (χ1n) is 9.37. The van der Waals surface area contributed by atoms with Crippen LogP contribution >= 0.6 is 0 Å². The molecular formula is C19H30N4O2. The molecule has 2 N–H and O–H groups in total. The van der Waals surface area contributed by atoms with E-state index in [1.807, 2.05) is 6.07 Å². The van der Waals surface area contributed by atoms with Crippen LogP contribution in [0.2, 0.25) is 0 Å². The number of likely N-dealkylation sites (tertiary alicyclic amines) is 1. The van der Waals surface area contributed by atoms with Crippen molar-refractivity contribution in [2.45, 2.75) is 31.9 Å². The predicted octanol–water partition coefficient (Wildman–Crippen LogP) is 1.36. The van der Waals surface area contributed by atoms with Gasteiger partial charge in [-0.05, 0) is 31.9 Å². The van der Waals surface area contributed by atoms with Gasteiger partial charge < -0.3 is 20.2 Å². The Morgan fingerprint density at radius 2 is 1.92 bits per heavy atom. The van der Waals surface area contributed by atoms with E-state index in [0.29, 0.717) is 6.54 Å². The molecule has 2 saturated heterocycles. The lowest BCUT2D eigenvalue weighted by Gasteiger charge is -2.37. The second kappa shape index (κ2) is 8.54. The first kappa shape index (κ1) is 18.0. The van der Waals surface area contributed by atoms with Crippen LogP contribution in [0.25, 0.3) is 0 Å². The molecule has 2 heterocycles. The normalized spacial score (nSPS) is 23.4. The largest absolute Gasteiger partial charge is 0.391 e. The summed E-state index contributed by atoms with van der Waals surface area (Å²) in [5, 5.41) is 12.8. The van der Waals surface area contributed by atoms with Gasteiger partial charge in [0.2, 0.25) is 0 Å². The molecule has 0 unspecified atom stereocenters. The number of para-hydroxylation sites is 1. The zero-order valence-corrected chi connectivity index (χ0v) is 15.1. The van der Waals surface area contributed by atoms with Crippen molar-refractivity contribution in [2.24, 2.45) is 0 Å². The fourth-order valence-corrected chi connectivity index (χ4v) is 3.70. The van der Waals surface area contributed by atoms with Gasteiger partial charge in [0.15, 0.2) is 0 Å². The van der Waals surface area contributed by atoms with Gasteiger partial charge >= 0.3 is 6.03 Å². The summed E-state index contributed by atoms with van der Waals surface area (Å²) >= 11 is 0. The summed E-state index contributed by atoms with van der Waals surface area (Å²) < 4.78 is 0. The van der Waals surface area contributed by atoms with Gasteiger partial charge in [-0.3, -0.25) is 4.90 Å². The number of amides is 2. The summed E-state index contributed by atoms with van der Waals surface area (Å²) in [6.45, 7) is 8.17. The molecule has 3 rings (SSSR count). The molecule has 1 aromatic carbocycles. The van der Waals surface area contributed by atoms with Crippen molar-refractivity contribution in [1.82, 2.24) is 15.1 Å². The summed E-state index contributed by atoms with van der Waals surface area (Å²) in [6, 6.07) is 10.6. The van der Waals surface area contributed by atoms with Gasteiger partial charge in [0, 0.05) is 57.5 Å². The van der Waals surface area contributed by atoms with Crippen molar-refractivity contribution in [2.75, 3.05) is 50.7 Å². The van der Waals surface area contributed by atoms with Crippen molar-refractivity contribution < 1.29 is 9.90 Å². The fourth-order valence-electron chi connectivity index (χ4n) is 3.70. The fraction of sp³-hybridized carbons (Fsp3) is 0.632. The summed E-state index contributed by atoms with van der Waals surface area (Å²) in [5.41, 5.74) is 1.28. The Balaban J connectivity index is 1.40. The van der Waals surface area contributed by atoms with Crippen LogP contribution in [0.5, 0.6) is 0 Å². The molecule has 2 atom stereocenters. The predicted molar refractivity (Wildman–Crippen MR) is 99.9 cm³/mol. The maximum atomic E-state index is 12.3. The Morgan fingerprint density at radius 1 is 1.20 bits per heavy atom. The van der Waals surface area contributed by atoms with E-state index in [2.05, 4.69) is 46.3 Å². The van der Waals surface area contributed by atoms with Crippen molar-refractivity contribution in [3.63, 3.8) is 0 Å². The van der Waals surface area contributed by atoms with E-state index in [0.717, 1.165) is 52.1 Å².